The minimum absolute atomic E-state index is 0.263. The highest BCUT2D eigenvalue weighted by Gasteiger charge is 2.34. The van der Waals surface area contributed by atoms with E-state index in [0.29, 0.717) is 0 Å². The molecular formula is C2H4O4S2. The van der Waals surface area contributed by atoms with E-state index in [0.717, 1.165) is 0 Å². The molecule has 4 nitrogen and oxygen atoms in total. The van der Waals surface area contributed by atoms with Crippen molar-refractivity contribution in [2.24, 2.45) is 0 Å². The fourth-order valence-corrected chi connectivity index (χ4v) is 1.36. The summed E-state index contributed by atoms with van der Waals surface area (Å²) in [4.78, 5) is 0. The Balaban J connectivity index is 2.43. The normalized spacial score (nSPS) is 27.1. The van der Waals surface area contributed by atoms with E-state index in [1.165, 1.54) is 0 Å². The Kier molecular flexibility index (Phi) is 1.48. The first kappa shape index (κ1) is 6.34. The summed E-state index contributed by atoms with van der Waals surface area (Å²) < 4.78 is 28.3. The second kappa shape index (κ2) is 1.87. The largest absolute Gasteiger partial charge is 0.405 e. The zero-order valence-electron chi connectivity index (χ0n) is 3.77. The smallest absolute Gasteiger partial charge is 0.214 e. The van der Waals surface area contributed by atoms with Gasteiger partial charge in [-0.05, 0) is 0 Å². The predicted octanol–water partition coefficient (Wildman–Crippen LogP) is -0.466. The van der Waals surface area contributed by atoms with Gasteiger partial charge in [-0.1, -0.05) is 0 Å². The monoisotopic (exact) mass is 156 g/mol. The number of thiol groups is 1. The Hall–Kier alpha value is 0.220. The molecule has 1 aliphatic heterocycles. The second-order valence-electron chi connectivity index (χ2n) is 1.21. The second-order valence-corrected chi connectivity index (χ2v) is 2.78. The highest BCUT2D eigenvalue weighted by molar-refractivity contribution is 7.83. The van der Waals surface area contributed by atoms with Crippen molar-refractivity contribution in [1.82, 2.24) is 0 Å². The molecule has 0 aromatic heterocycles. The van der Waals surface area contributed by atoms with Crippen molar-refractivity contribution in [3.05, 3.63) is 0 Å². The van der Waals surface area contributed by atoms with Crippen molar-refractivity contribution in [2.75, 3.05) is 5.75 Å². The summed E-state index contributed by atoms with van der Waals surface area (Å²) in [5, 5.41) is 0. The molecule has 0 radical (unpaired) electrons. The van der Waals surface area contributed by atoms with Crippen molar-refractivity contribution in [2.45, 2.75) is 6.29 Å². The number of hydrogen-bond donors (Lipinski definition) is 1. The van der Waals surface area contributed by atoms with Crippen LogP contribution in [-0.4, -0.2) is 20.5 Å². The van der Waals surface area contributed by atoms with E-state index >= 15 is 0 Å². The first-order chi connectivity index (χ1) is 3.64. The lowest BCUT2D eigenvalue weighted by Crippen LogP contribution is -2.37. The Morgan fingerprint density at radius 2 is 2.00 bits per heavy atom. The molecule has 0 atom stereocenters. The molecule has 8 heavy (non-hydrogen) atoms. The van der Waals surface area contributed by atoms with Crippen LogP contribution in [0.2, 0.25) is 0 Å². The minimum atomic E-state index is -3.59. The molecule has 0 saturated carbocycles. The SMILES string of the molecule is O=S1(=O)OC(CS)O1. The quantitative estimate of drug-likeness (QED) is 0.522. The highest BCUT2D eigenvalue weighted by atomic mass is 32.3. The Labute approximate surface area is 52.5 Å². The molecule has 1 saturated heterocycles. The van der Waals surface area contributed by atoms with Crippen LogP contribution in [0, 0.1) is 0 Å². The summed E-state index contributed by atoms with van der Waals surface area (Å²) in [6.45, 7) is 0. The van der Waals surface area contributed by atoms with Gasteiger partial charge in [0.05, 0.1) is 0 Å². The van der Waals surface area contributed by atoms with Gasteiger partial charge in [0.2, 0.25) is 6.29 Å². The molecule has 1 heterocycles. The zero-order chi connectivity index (χ0) is 6.20. The van der Waals surface area contributed by atoms with Crippen LogP contribution < -0.4 is 0 Å². The van der Waals surface area contributed by atoms with E-state index in [9.17, 15) is 8.42 Å². The third-order valence-corrected chi connectivity index (χ3v) is 1.80. The Bertz CT molecular complexity index is 158. The summed E-state index contributed by atoms with van der Waals surface area (Å²) in [7, 11) is -3.59. The van der Waals surface area contributed by atoms with Crippen LogP contribution in [0.3, 0.4) is 0 Å². The summed E-state index contributed by atoms with van der Waals surface area (Å²) in [5.41, 5.74) is 0. The highest BCUT2D eigenvalue weighted by Crippen LogP contribution is 2.18. The molecule has 48 valence electrons. The fraction of sp³-hybridized carbons (Fsp3) is 1.00. The molecule has 1 fully saturated rings. The first-order valence-corrected chi connectivity index (χ1v) is 3.83. The molecular weight excluding hydrogens is 152 g/mol. The molecule has 6 heteroatoms. The van der Waals surface area contributed by atoms with Crippen LogP contribution in [0.15, 0.2) is 0 Å². The Morgan fingerprint density at radius 3 is 2.12 bits per heavy atom. The summed E-state index contributed by atoms with van der Waals surface area (Å²) >= 11 is 3.71. The van der Waals surface area contributed by atoms with Gasteiger partial charge >= 0.3 is 10.4 Å². The lowest BCUT2D eigenvalue weighted by atomic mass is 10.8. The maximum absolute atomic E-state index is 9.98. The van der Waals surface area contributed by atoms with E-state index in [1.807, 2.05) is 0 Å². The topological polar surface area (TPSA) is 52.6 Å². The third-order valence-electron chi connectivity index (χ3n) is 0.599. The maximum Gasteiger partial charge on any atom is 0.405 e. The molecule has 0 N–H and O–H groups in total. The summed E-state index contributed by atoms with van der Waals surface area (Å²) in [6.07, 6.45) is -0.664. The fourth-order valence-electron chi connectivity index (χ4n) is 0.331. The van der Waals surface area contributed by atoms with Gasteiger partial charge in [-0.2, -0.15) is 21.0 Å². The van der Waals surface area contributed by atoms with E-state index in [1.54, 1.807) is 0 Å². The lowest BCUT2D eigenvalue weighted by molar-refractivity contribution is -0.0603. The van der Waals surface area contributed by atoms with Crippen molar-refractivity contribution >= 4 is 23.0 Å². The molecule has 0 spiro atoms. The Morgan fingerprint density at radius 1 is 1.50 bits per heavy atom. The van der Waals surface area contributed by atoms with Crippen LogP contribution in [0.5, 0.6) is 0 Å². The van der Waals surface area contributed by atoms with Gasteiger partial charge in [-0.3, -0.25) is 0 Å². The van der Waals surface area contributed by atoms with Crippen LogP contribution in [0.1, 0.15) is 0 Å². The maximum atomic E-state index is 9.98. The lowest BCUT2D eigenvalue weighted by Gasteiger charge is -2.22. The van der Waals surface area contributed by atoms with E-state index in [-0.39, 0.29) is 5.75 Å². The van der Waals surface area contributed by atoms with Gasteiger partial charge in [-0.25, -0.2) is 8.37 Å². The standard InChI is InChI=1S/C2H4O4S2/c3-8(4)5-2(1-7)6-8/h2,7H,1H2. The van der Waals surface area contributed by atoms with Crippen molar-refractivity contribution in [1.29, 1.82) is 0 Å². The molecule has 1 rings (SSSR count). The van der Waals surface area contributed by atoms with Crippen molar-refractivity contribution in [3.63, 3.8) is 0 Å². The molecule has 0 unspecified atom stereocenters. The third kappa shape index (κ3) is 1.13. The van der Waals surface area contributed by atoms with Crippen LogP contribution in [0.4, 0.5) is 0 Å². The molecule has 0 amide bonds. The number of rotatable bonds is 1. The van der Waals surface area contributed by atoms with Gasteiger partial charge in [0.15, 0.2) is 0 Å². The van der Waals surface area contributed by atoms with Gasteiger partial charge in [0.25, 0.3) is 0 Å². The average molecular weight is 156 g/mol. The predicted molar refractivity (Wildman–Crippen MR) is 28.7 cm³/mol. The molecule has 0 aromatic rings. The van der Waals surface area contributed by atoms with E-state index in [4.69, 9.17) is 0 Å². The van der Waals surface area contributed by atoms with E-state index < -0.39 is 16.7 Å². The summed E-state index contributed by atoms with van der Waals surface area (Å²) in [5.74, 6) is 0.263. The van der Waals surface area contributed by atoms with Gasteiger partial charge in [0, 0.05) is 5.75 Å². The van der Waals surface area contributed by atoms with Crippen molar-refractivity contribution in [3.8, 4) is 0 Å². The zero-order valence-corrected chi connectivity index (χ0v) is 5.48. The van der Waals surface area contributed by atoms with Gasteiger partial charge in [-0.15, -0.1) is 0 Å². The number of hydrogen-bond acceptors (Lipinski definition) is 5. The molecule has 1 aliphatic rings. The average Bonchev–Trinajstić information content (AvgIpc) is 1.60. The van der Waals surface area contributed by atoms with Crippen molar-refractivity contribution < 1.29 is 16.8 Å². The van der Waals surface area contributed by atoms with Gasteiger partial charge < -0.3 is 0 Å². The molecule has 0 bridgehead atoms. The first-order valence-electron chi connectivity index (χ1n) is 1.86. The van der Waals surface area contributed by atoms with Crippen LogP contribution in [-0.2, 0) is 18.8 Å². The summed E-state index contributed by atoms with van der Waals surface area (Å²) in [6, 6.07) is 0. The van der Waals surface area contributed by atoms with Crippen LogP contribution >= 0.6 is 12.6 Å². The van der Waals surface area contributed by atoms with E-state index in [2.05, 4.69) is 21.0 Å². The molecule has 0 aliphatic carbocycles. The van der Waals surface area contributed by atoms with Crippen LogP contribution in [0.25, 0.3) is 0 Å². The minimum Gasteiger partial charge on any atom is -0.214 e. The molecule has 0 aromatic carbocycles. The van der Waals surface area contributed by atoms with Gasteiger partial charge in [0.1, 0.15) is 0 Å².